The van der Waals surface area contributed by atoms with E-state index >= 15 is 0 Å². The Hall–Kier alpha value is -1.49. The monoisotopic (exact) mass is 254 g/mol. The van der Waals surface area contributed by atoms with Gasteiger partial charge >= 0.3 is 6.18 Å². The molecule has 3 N–H and O–H groups in total. The molecule has 0 amide bonds. The van der Waals surface area contributed by atoms with Gasteiger partial charge in [-0.1, -0.05) is 6.07 Å². The second-order valence-electron chi connectivity index (χ2n) is 4.77. The Kier molecular flexibility index (Phi) is 2.41. The third-order valence-corrected chi connectivity index (χ3v) is 3.58. The number of aromatic nitrogens is 1. The van der Waals surface area contributed by atoms with E-state index in [0.717, 1.165) is 42.0 Å². The van der Waals surface area contributed by atoms with Crippen LogP contribution in [0.3, 0.4) is 0 Å². The number of halogens is 3. The quantitative estimate of drug-likeness (QED) is 0.742. The van der Waals surface area contributed by atoms with Crippen molar-refractivity contribution in [2.75, 3.05) is 0 Å². The summed E-state index contributed by atoms with van der Waals surface area (Å²) in [6.07, 6.45) is -1.55. The first-order chi connectivity index (χ1) is 8.47. The molecule has 1 aromatic heterocycles. The summed E-state index contributed by atoms with van der Waals surface area (Å²) in [6.45, 7) is 0. The van der Waals surface area contributed by atoms with Crippen LogP contribution in [0.4, 0.5) is 13.2 Å². The first kappa shape index (κ1) is 11.6. The van der Waals surface area contributed by atoms with Crippen LogP contribution in [0.25, 0.3) is 10.9 Å². The minimum absolute atomic E-state index is 0.0875. The zero-order chi connectivity index (χ0) is 12.9. The van der Waals surface area contributed by atoms with Gasteiger partial charge in [-0.15, -0.1) is 0 Å². The predicted octanol–water partition coefficient (Wildman–Crippen LogP) is 3.52. The molecule has 3 rings (SSSR count). The molecule has 1 aliphatic rings. The lowest BCUT2D eigenvalue weighted by Crippen LogP contribution is -2.16. The fraction of sp³-hybridized carbons (Fsp3) is 0.385. The average molecular weight is 254 g/mol. The molecule has 0 bridgehead atoms. The Morgan fingerprint density at radius 2 is 2.06 bits per heavy atom. The number of alkyl halides is 3. The number of fused-ring (bicyclic) bond motifs is 3. The number of aryl methyl sites for hydroxylation is 1. The van der Waals surface area contributed by atoms with E-state index in [-0.39, 0.29) is 6.04 Å². The van der Waals surface area contributed by atoms with Gasteiger partial charge in [0, 0.05) is 22.6 Å². The zero-order valence-corrected chi connectivity index (χ0v) is 9.64. The number of aromatic amines is 1. The molecule has 18 heavy (non-hydrogen) atoms. The number of nitrogens with one attached hydrogen (secondary N) is 1. The van der Waals surface area contributed by atoms with Crippen LogP contribution in [-0.2, 0) is 12.6 Å². The van der Waals surface area contributed by atoms with Gasteiger partial charge in [-0.2, -0.15) is 13.2 Å². The second-order valence-corrected chi connectivity index (χ2v) is 4.77. The Balaban J connectivity index is 2.19. The highest BCUT2D eigenvalue weighted by molar-refractivity contribution is 5.85. The largest absolute Gasteiger partial charge is 0.416 e. The van der Waals surface area contributed by atoms with E-state index in [2.05, 4.69) is 4.98 Å². The van der Waals surface area contributed by atoms with Crippen molar-refractivity contribution in [3.63, 3.8) is 0 Å². The van der Waals surface area contributed by atoms with E-state index in [4.69, 9.17) is 5.73 Å². The summed E-state index contributed by atoms with van der Waals surface area (Å²) in [5, 5.41) is 0.869. The van der Waals surface area contributed by atoms with Crippen molar-refractivity contribution in [2.24, 2.45) is 5.73 Å². The van der Waals surface area contributed by atoms with Crippen molar-refractivity contribution in [2.45, 2.75) is 31.5 Å². The summed E-state index contributed by atoms with van der Waals surface area (Å²) < 4.78 is 37.9. The highest BCUT2D eigenvalue weighted by atomic mass is 19.4. The molecule has 1 aromatic carbocycles. The Labute approximate surface area is 102 Å². The van der Waals surface area contributed by atoms with Gasteiger partial charge in [0.15, 0.2) is 0 Å². The standard InChI is InChI=1S/C13H13F3N2/c14-13(15,16)7-4-5-8-9-2-1-3-10(17)12(9)18-11(8)6-7/h4-6,10,18H,1-3,17H2. The van der Waals surface area contributed by atoms with Crippen LogP contribution in [-0.4, -0.2) is 4.98 Å². The third kappa shape index (κ3) is 1.70. The molecule has 0 aliphatic heterocycles. The first-order valence-corrected chi connectivity index (χ1v) is 5.94. The molecule has 2 nitrogen and oxygen atoms in total. The van der Waals surface area contributed by atoms with Gasteiger partial charge in [0.1, 0.15) is 0 Å². The summed E-state index contributed by atoms with van der Waals surface area (Å²) in [6, 6.07) is 3.76. The third-order valence-electron chi connectivity index (χ3n) is 3.58. The normalized spacial score (nSPS) is 20.1. The minimum Gasteiger partial charge on any atom is -0.357 e. The van der Waals surface area contributed by atoms with Crippen LogP contribution in [0, 0.1) is 0 Å². The number of rotatable bonds is 0. The number of hydrogen-bond donors (Lipinski definition) is 2. The highest BCUT2D eigenvalue weighted by Gasteiger charge is 2.31. The number of hydrogen-bond acceptors (Lipinski definition) is 1. The molecular weight excluding hydrogens is 241 g/mol. The van der Waals surface area contributed by atoms with E-state index in [9.17, 15) is 13.2 Å². The first-order valence-electron chi connectivity index (χ1n) is 5.94. The van der Waals surface area contributed by atoms with E-state index in [0.29, 0.717) is 5.52 Å². The van der Waals surface area contributed by atoms with Crippen molar-refractivity contribution in [1.82, 2.24) is 4.98 Å². The highest BCUT2D eigenvalue weighted by Crippen LogP contribution is 2.36. The maximum Gasteiger partial charge on any atom is 0.416 e. The molecule has 1 aliphatic carbocycles. The average Bonchev–Trinajstić information content (AvgIpc) is 2.67. The van der Waals surface area contributed by atoms with Gasteiger partial charge in [-0.3, -0.25) is 0 Å². The maximum atomic E-state index is 12.6. The Bertz CT molecular complexity index is 598. The van der Waals surface area contributed by atoms with E-state index in [1.165, 1.54) is 6.07 Å². The number of H-pyrrole nitrogens is 1. The Morgan fingerprint density at radius 3 is 2.78 bits per heavy atom. The van der Waals surface area contributed by atoms with E-state index in [1.807, 2.05) is 0 Å². The van der Waals surface area contributed by atoms with E-state index in [1.54, 1.807) is 6.07 Å². The zero-order valence-electron chi connectivity index (χ0n) is 9.64. The van der Waals surface area contributed by atoms with E-state index < -0.39 is 11.7 Å². The molecule has 5 heteroatoms. The van der Waals surface area contributed by atoms with Crippen LogP contribution in [0.1, 0.15) is 35.7 Å². The van der Waals surface area contributed by atoms with Crippen molar-refractivity contribution >= 4 is 10.9 Å². The molecule has 0 fully saturated rings. The molecular formula is C13H13F3N2. The summed E-state index contributed by atoms with van der Waals surface area (Å²) in [5.41, 5.74) is 7.87. The molecule has 0 saturated heterocycles. The van der Waals surface area contributed by atoms with Gasteiger partial charge in [0.2, 0.25) is 0 Å². The van der Waals surface area contributed by atoms with Crippen molar-refractivity contribution in [3.8, 4) is 0 Å². The molecule has 1 heterocycles. The maximum absolute atomic E-state index is 12.6. The summed E-state index contributed by atoms with van der Waals surface area (Å²) >= 11 is 0. The van der Waals surface area contributed by atoms with Crippen LogP contribution >= 0.6 is 0 Å². The van der Waals surface area contributed by atoms with Crippen LogP contribution in [0.15, 0.2) is 18.2 Å². The minimum atomic E-state index is -4.30. The molecule has 2 aromatic rings. The number of benzene rings is 1. The predicted molar refractivity (Wildman–Crippen MR) is 63.2 cm³/mol. The molecule has 0 saturated carbocycles. The SMILES string of the molecule is NC1CCCc2c1[nH]c1cc(C(F)(F)F)ccc21. The molecule has 0 radical (unpaired) electrons. The van der Waals surface area contributed by atoms with Crippen molar-refractivity contribution < 1.29 is 13.2 Å². The van der Waals surface area contributed by atoms with Gasteiger partial charge in [-0.25, -0.2) is 0 Å². The Morgan fingerprint density at radius 1 is 1.28 bits per heavy atom. The van der Waals surface area contributed by atoms with Crippen LogP contribution in [0.5, 0.6) is 0 Å². The summed E-state index contributed by atoms with van der Waals surface area (Å²) in [5.74, 6) is 0. The topological polar surface area (TPSA) is 41.8 Å². The van der Waals surface area contributed by atoms with Gasteiger partial charge < -0.3 is 10.7 Å². The lowest BCUT2D eigenvalue weighted by Gasteiger charge is -2.18. The second kappa shape index (κ2) is 3.75. The fourth-order valence-corrected chi connectivity index (χ4v) is 2.68. The smallest absolute Gasteiger partial charge is 0.357 e. The molecule has 1 unspecified atom stereocenters. The summed E-state index contributed by atoms with van der Waals surface area (Å²) in [4.78, 5) is 3.05. The van der Waals surface area contributed by atoms with Gasteiger partial charge in [-0.05, 0) is 37.0 Å². The van der Waals surface area contributed by atoms with Crippen LogP contribution in [0.2, 0.25) is 0 Å². The lowest BCUT2D eigenvalue weighted by molar-refractivity contribution is -0.137. The molecule has 96 valence electrons. The summed E-state index contributed by atoms with van der Waals surface area (Å²) in [7, 11) is 0. The molecule has 1 atom stereocenters. The molecule has 0 spiro atoms. The van der Waals surface area contributed by atoms with Crippen molar-refractivity contribution in [1.29, 1.82) is 0 Å². The van der Waals surface area contributed by atoms with Crippen molar-refractivity contribution in [3.05, 3.63) is 35.0 Å². The lowest BCUT2D eigenvalue weighted by atomic mass is 9.92. The van der Waals surface area contributed by atoms with Gasteiger partial charge in [0.25, 0.3) is 0 Å². The number of nitrogens with two attached hydrogens (primary N) is 1. The van der Waals surface area contributed by atoms with Gasteiger partial charge in [0.05, 0.1) is 5.56 Å². The fourth-order valence-electron chi connectivity index (χ4n) is 2.68. The van der Waals surface area contributed by atoms with Crippen LogP contribution < -0.4 is 5.73 Å².